The molecule has 0 amide bonds. The number of hydrogen-bond acceptors (Lipinski definition) is 3. The molecule has 0 saturated heterocycles. The van der Waals surface area contributed by atoms with Gasteiger partial charge in [-0.25, -0.2) is 0 Å². The Hall–Kier alpha value is -9.54. The third-order valence-electron chi connectivity index (χ3n) is 14.8. The van der Waals surface area contributed by atoms with Gasteiger partial charge in [0, 0.05) is 53.6 Å². The Morgan fingerprint density at radius 3 is 1.43 bits per heavy atom. The van der Waals surface area contributed by atoms with E-state index < -0.39 is 0 Å². The van der Waals surface area contributed by atoms with E-state index in [9.17, 15) is 0 Å². The first-order valence-electron chi connectivity index (χ1n) is 25.6. The fourth-order valence-electron chi connectivity index (χ4n) is 11.1. The molecule has 0 aliphatic heterocycles. The lowest BCUT2D eigenvalue weighted by atomic mass is 9.97. The van der Waals surface area contributed by atoms with E-state index in [-0.39, 0.29) is 0 Å². The lowest BCUT2D eigenvalue weighted by molar-refractivity contribution is 1.29. The monoisotopic (exact) mass is 972 g/mol. The lowest BCUT2D eigenvalue weighted by Crippen LogP contribution is -2.12. The van der Waals surface area contributed by atoms with Crippen LogP contribution in [0.4, 0.5) is 34.1 Å². The average Bonchev–Trinajstić information content (AvgIpc) is 3.88. The van der Waals surface area contributed by atoms with Crippen LogP contribution in [0.25, 0.3) is 97.0 Å². The van der Waals surface area contributed by atoms with E-state index >= 15 is 0 Å². The molecule has 0 bridgehead atoms. The SMILES string of the molecule is c1ccc(-c2ccc(-c3cccc(N(c4cccc(-c5ccccc5N(c5ccc6cc(-c7ccc8c(c7)sc7ccccc78)ccc6c5)c5cccc6ccccc56)c4)c4cccc5ccccc45)c3)cc2)cc1. The number of nitrogens with zero attached hydrogens (tertiary/aromatic N) is 2. The third kappa shape index (κ3) is 8.17. The molecule has 0 saturated carbocycles. The molecule has 1 aromatic heterocycles. The molecule has 2 nitrogen and oxygen atoms in total. The molecule has 0 fully saturated rings. The van der Waals surface area contributed by atoms with E-state index in [4.69, 9.17) is 0 Å². The first kappa shape index (κ1) is 44.2. The minimum Gasteiger partial charge on any atom is -0.310 e. The van der Waals surface area contributed by atoms with Crippen LogP contribution in [0.3, 0.4) is 0 Å². The molecule has 13 aromatic carbocycles. The smallest absolute Gasteiger partial charge is 0.0540 e. The van der Waals surface area contributed by atoms with Crippen LogP contribution in [0.1, 0.15) is 0 Å². The van der Waals surface area contributed by atoms with Crippen molar-refractivity contribution in [1.29, 1.82) is 0 Å². The van der Waals surface area contributed by atoms with Crippen LogP contribution in [0.5, 0.6) is 0 Å². The second kappa shape index (κ2) is 18.8. The number of thiophene rings is 1. The number of rotatable bonds is 10. The summed E-state index contributed by atoms with van der Waals surface area (Å²) < 4.78 is 2.64. The summed E-state index contributed by atoms with van der Waals surface area (Å²) in [6.07, 6.45) is 0. The van der Waals surface area contributed by atoms with E-state index in [1.54, 1.807) is 0 Å². The summed E-state index contributed by atoms with van der Waals surface area (Å²) in [5.74, 6) is 0. The highest BCUT2D eigenvalue weighted by Crippen LogP contribution is 2.47. The molecular weight excluding hydrogens is 925 g/mol. The molecule has 0 aliphatic rings. The molecule has 0 N–H and O–H groups in total. The molecule has 1 heterocycles. The van der Waals surface area contributed by atoms with Crippen molar-refractivity contribution in [2.75, 3.05) is 9.80 Å². The Bertz CT molecular complexity index is 4430. The van der Waals surface area contributed by atoms with Gasteiger partial charge in [-0.3, -0.25) is 0 Å². The second-order valence-electron chi connectivity index (χ2n) is 19.3. The van der Waals surface area contributed by atoms with Gasteiger partial charge in [0.15, 0.2) is 0 Å². The topological polar surface area (TPSA) is 6.48 Å². The zero-order valence-electron chi connectivity index (χ0n) is 41.0. The zero-order valence-corrected chi connectivity index (χ0v) is 41.8. The van der Waals surface area contributed by atoms with Crippen molar-refractivity contribution in [2.45, 2.75) is 0 Å². The van der Waals surface area contributed by atoms with E-state index in [0.717, 1.165) is 50.8 Å². The Labute approximate surface area is 440 Å². The Morgan fingerprint density at radius 1 is 0.213 bits per heavy atom. The first-order valence-corrected chi connectivity index (χ1v) is 26.5. The van der Waals surface area contributed by atoms with Crippen molar-refractivity contribution in [1.82, 2.24) is 0 Å². The number of benzene rings is 13. The molecule has 3 heteroatoms. The highest BCUT2D eigenvalue weighted by Gasteiger charge is 2.22. The molecule has 14 aromatic rings. The van der Waals surface area contributed by atoms with Crippen LogP contribution in [0.2, 0.25) is 0 Å². The van der Waals surface area contributed by atoms with Crippen molar-refractivity contribution < 1.29 is 0 Å². The van der Waals surface area contributed by atoms with Gasteiger partial charge in [-0.05, 0) is 133 Å². The van der Waals surface area contributed by atoms with Crippen LogP contribution < -0.4 is 9.80 Å². The summed E-state index contributed by atoms with van der Waals surface area (Å²) in [6.45, 7) is 0. The third-order valence-corrected chi connectivity index (χ3v) is 15.9. The van der Waals surface area contributed by atoms with Crippen LogP contribution in [-0.4, -0.2) is 0 Å². The molecule has 75 heavy (non-hydrogen) atoms. The van der Waals surface area contributed by atoms with Gasteiger partial charge in [-0.15, -0.1) is 11.3 Å². The second-order valence-corrected chi connectivity index (χ2v) is 20.4. The van der Waals surface area contributed by atoms with Crippen molar-refractivity contribution >= 4 is 98.0 Å². The van der Waals surface area contributed by atoms with Gasteiger partial charge < -0.3 is 9.80 Å². The molecule has 352 valence electrons. The van der Waals surface area contributed by atoms with Gasteiger partial charge in [0.1, 0.15) is 0 Å². The molecular formula is C72H48N2S. The zero-order chi connectivity index (χ0) is 49.7. The highest BCUT2D eigenvalue weighted by molar-refractivity contribution is 7.25. The number of para-hydroxylation sites is 1. The van der Waals surface area contributed by atoms with Gasteiger partial charge in [0.2, 0.25) is 0 Å². The summed E-state index contributed by atoms with van der Waals surface area (Å²) in [5, 5.41) is 9.79. The molecule has 0 spiro atoms. The van der Waals surface area contributed by atoms with E-state index in [1.807, 2.05) is 11.3 Å². The van der Waals surface area contributed by atoms with Gasteiger partial charge in [0.25, 0.3) is 0 Å². The van der Waals surface area contributed by atoms with Gasteiger partial charge in [-0.1, -0.05) is 218 Å². The number of fused-ring (bicyclic) bond motifs is 6. The lowest BCUT2D eigenvalue weighted by Gasteiger charge is -2.30. The fraction of sp³-hybridized carbons (Fsp3) is 0. The maximum Gasteiger partial charge on any atom is 0.0540 e. The van der Waals surface area contributed by atoms with Crippen molar-refractivity contribution in [3.8, 4) is 44.5 Å². The molecule has 0 aliphatic carbocycles. The average molecular weight is 973 g/mol. The molecule has 0 radical (unpaired) electrons. The standard InChI is InChI=1S/C72H48N2S/c1-2-16-49(17-3-1)50-34-36-51(37-35-50)54-22-12-24-60(45-54)73(68-31-14-20-52-18-4-6-26-63(52)68)61-25-13-23-59(47-61)65-28-8-10-30-69(65)74(70-32-15-21-53-19-5-7-27-64(53)70)62-42-40-56-44-55(38-39-57(56)46-62)58-41-43-67-66-29-9-11-33-71(66)75-72(67)48-58/h1-48H. The van der Waals surface area contributed by atoms with E-state index in [1.165, 1.54) is 80.3 Å². The minimum atomic E-state index is 1.07. The van der Waals surface area contributed by atoms with Gasteiger partial charge >= 0.3 is 0 Å². The quantitative estimate of drug-likeness (QED) is 0.135. The Morgan fingerprint density at radius 2 is 0.667 bits per heavy atom. The summed E-state index contributed by atoms with van der Waals surface area (Å²) in [6, 6.07) is 107. The highest BCUT2D eigenvalue weighted by atomic mass is 32.1. The van der Waals surface area contributed by atoms with E-state index in [0.29, 0.717) is 0 Å². The largest absolute Gasteiger partial charge is 0.310 e. The van der Waals surface area contributed by atoms with Crippen LogP contribution in [-0.2, 0) is 0 Å². The predicted octanol–water partition coefficient (Wildman–Crippen LogP) is 21.1. The Balaban J connectivity index is 0.886. The summed E-state index contributed by atoms with van der Waals surface area (Å²) in [5.41, 5.74) is 16.0. The molecule has 0 unspecified atom stereocenters. The molecule has 14 rings (SSSR count). The maximum absolute atomic E-state index is 2.46. The minimum absolute atomic E-state index is 1.07. The first-order chi connectivity index (χ1) is 37.2. The van der Waals surface area contributed by atoms with Crippen LogP contribution in [0, 0.1) is 0 Å². The van der Waals surface area contributed by atoms with Crippen LogP contribution >= 0.6 is 11.3 Å². The summed E-state index contributed by atoms with van der Waals surface area (Å²) in [7, 11) is 0. The Kier molecular flexibility index (Phi) is 11.1. The number of hydrogen-bond donors (Lipinski definition) is 0. The van der Waals surface area contributed by atoms with E-state index in [2.05, 4.69) is 301 Å². The summed E-state index contributed by atoms with van der Waals surface area (Å²) in [4.78, 5) is 4.89. The summed E-state index contributed by atoms with van der Waals surface area (Å²) >= 11 is 1.87. The molecule has 0 atom stereocenters. The van der Waals surface area contributed by atoms with Gasteiger partial charge in [-0.2, -0.15) is 0 Å². The van der Waals surface area contributed by atoms with Crippen molar-refractivity contribution in [3.63, 3.8) is 0 Å². The fourth-order valence-corrected chi connectivity index (χ4v) is 12.3. The van der Waals surface area contributed by atoms with Crippen molar-refractivity contribution in [3.05, 3.63) is 291 Å². The maximum atomic E-state index is 2.46. The van der Waals surface area contributed by atoms with Crippen molar-refractivity contribution in [2.24, 2.45) is 0 Å². The van der Waals surface area contributed by atoms with Gasteiger partial charge in [0.05, 0.1) is 17.1 Å². The predicted molar refractivity (Wildman–Crippen MR) is 323 cm³/mol. The van der Waals surface area contributed by atoms with Crippen LogP contribution in [0.15, 0.2) is 291 Å². The normalized spacial score (nSPS) is 11.5. The number of anilines is 6.